The lowest BCUT2D eigenvalue weighted by molar-refractivity contribution is 0.148. The molecule has 1 aliphatic heterocycles. The molecule has 3 rings (SSSR count). The summed E-state index contributed by atoms with van der Waals surface area (Å²) in [6.07, 6.45) is 1.07. The summed E-state index contributed by atoms with van der Waals surface area (Å²) in [6.45, 7) is 12.1. The Morgan fingerprint density at radius 3 is 2.56 bits per heavy atom. The zero-order valence-corrected chi connectivity index (χ0v) is 16.4. The molecule has 5 nitrogen and oxygen atoms in total. The van der Waals surface area contributed by atoms with Gasteiger partial charge in [0.2, 0.25) is 5.89 Å². The summed E-state index contributed by atoms with van der Waals surface area (Å²) in [4.78, 5) is 7.03. The number of aryl methyl sites for hydroxylation is 1. The van der Waals surface area contributed by atoms with Gasteiger partial charge in [0.1, 0.15) is 0 Å². The first-order valence-electron chi connectivity index (χ1n) is 8.84. The molecule has 0 aliphatic carbocycles. The number of nitrogens with one attached hydrogen (secondary N) is 1. The molecule has 1 unspecified atom stereocenters. The van der Waals surface area contributed by atoms with Gasteiger partial charge in [0, 0.05) is 31.1 Å². The van der Waals surface area contributed by atoms with Crippen molar-refractivity contribution in [2.24, 2.45) is 0 Å². The summed E-state index contributed by atoms with van der Waals surface area (Å²) in [5.74, 6) is 1.48. The molecule has 1 fully saturated rings. The predicted octanol–water partition coefficient (Wildman–Crippen LogP) is 3.50. The van der Waals surface area contributed by atoms with E-state index in [2.05, 4.69) is 72.3 Å². The fourth-order valence-electron chi connectivity index (χ4n) is 3.04. The van der Waals surface area contributed by atoms with Gasteiger partial charge in [-0.1, -0.05) is 57.1 Å². The fourth-order valence-corrected chi connectivity index (χ4v) is 3.04. The van der Waals surface area contributed by atoms with Gasteiger partial charge in [0.25, 0.3) is 0 Å². The highest BCUT2D eigenvalue weighted by Crippen LogP contribution is 2.25. The maximum Gasteiger partial charge on any atom is 0.232 e. The van der Waals surface area contributed by atoms with Crippen LogP contribution in [-0.4, -0.2) is 34.7 Å². The summed E-state index contributed by atoms with van der Waals surface area (Å²) in [7, 11) is 0. The van der Waals surface area contributed by atoms with Crippen LogP contribution in [0.3, 0.4) is 0 Å². The molecule has 0 saturated carbocycles. The van der Waals surface area contributed by atoms with Crippen LogP contribution >= 0.6 is 12.4 Å². The first kappa shape index (κ1) is 19.9. The van der Waals surface area contributed by atoms with Gasteiger partial charge in [-0.3, -0.25) is 4.90 Å². The van der Waals surface area contributed by atoms with Crippen LogP contribution in [0.5, 0.6) is 0 Å². The first-order chi connectivity index (χ1) is 11.5. The maximum atomic E-state index is 5.44. The Bertz CT molecular complexity index is 663. The van der Waals surface area contributed by atoms with Crippen molar-refractivity contribution in [3.8, 4) is 0 Å². The molecule has 0 amide bonds. The van der Waals surface area contributed by atoms with Crippen LogP contribution < -0.4 is 5.32 Å². The summed E-state index contributed by atoms with van der Waals surface area (Å²) in [5, 5.41) is 7.69. The van der Waals surface area contributed by atoms with Crippen LogP contribution in [0.1, 0.15) is 56.6 Å². The second-order valence-electron chi connectivity index (χ2n) is 7.55. The lowest BCUT2D eigenvalue weighted by Gasteiger charge is -2.35. The molecule has 1 aliphatic rings. The second-order valence-corrected chi connectivity index (χ2v) is 7.55. The molecule has 6 heteroatoms. The number of rotatable bonds is 4. The van der Waals surface area contributed by atoms with Crippen LogP contribution in [0.2, 0.25) is 0 Å². The SMILES string of the molecule is CCc1ccc(C2CNCCN2Cc2noc(C(C)(C)C)n2)cc1.Cl. The minimum atomic E-state index is -0.107. The zero-order valence-electron chi connectivity index (χ0n) is 15.6. The smallest absolute Gasteiger partial charge is 0.232 e. The molecule has 25 heavy (non-hydrogen) atoms. The number of aromatic nitrogens is 2. The average molecular weight is 365 g/mol. The van der Waals surface area contributed by atoms with Crippen LogP contribution in [0.15, 0.2) is 28.8 Å². The molecule has 0 bridgehead atoms. The van der Waals surface area contributed by atoms with Gasteiger partial charge in [-0.2, -0.15) is 4.98 Å². The summed E-state index contributed by atoms with van der Waals surface area (Å²) >= 11 is 0. The van der Waals surface area contributed by atoms with Crippen LogP contribution in [0, 0.1) is 0 Å². The minimum absolute atomic E-state index is 0. The molecule has 138 valence electrons. The monoisotopic (exact) mass is 364 g/mol. The number of halogens is 1. The number of piperazine rings is 1. The van der Waals surface area contributed by atoms with E-state index in [0.29, 0.717) is 11.9 Å². The Morgan fingerprint density at radius 1 is 1.24 bits per heavy atom. The van der Waals surface area contributed by atoms with Gasteiger partial charge < -0.3 is 9.84 Å². The molecule has 1 saturated heterocycles. The van der Waals surface area contributed by atoms with Gasteiger partial charge in [-0.15, -0.1) is 12.4 Å². The standard InChI is InChI=1S/C19H28N4O.ClH/c1-5-14-6-8-15(9-7-14)16-12-20-10-11-23(16)13-17-21-18(24-22-17)19(2,3)4;/h6-9,16,20H,5,10-13H2,1-4H3;1H. The van der Waals surface area contributed by atoms with E-state index in [0.717, 1.165) is 38.4 Å². The normalized spacial score (nSPS) is 18.8. The molecule has 1 atom stereocenters. The van der Waals surface area contributed by atoms with E-state index in [1.54, 1.807) is 0 Å². The summed E-state index contributed by atoms with van der Waals surface area (Å²) in [5.41, 5.74) is 2.62. The Balaban J connectivity index is 0.00000225. The lowest BCUT2D eigenvalue weighted by Crippen LogP contribution is -2.45. The molecular formula is C19H29ClN4O. The van der Waals surface area contributed by atoms with Gasteiger partial charge in [0.05, 0.1) is 6.54 Å². The van der Waals surface area contributed by atoms with E-state index in [-0.39, 0.29) is 17.8 Å². The molecule has 2 aromatic rings. The van der Waals surface area contributed by atoms with E-state index in [1.807, 2.05) is 0 Å². The number of hydrogen-bond acceptors (Lipinski definition) is 5. The Labute approximate surface area is 156 Å². The quantitative estimate of drug-likeness (QED) is 0.899. The Kier molecular flexibility index (Phi) is 6.60. The fraction of sp³-hybridized carbons (Fsp3) is 0.579. The second kappa shape index (κ2) is 8.30. The average Bonchev–Trinajstić information content (AvgIpc) is 3.04. The van der Waals surface area contributed by atoms with Crippen LogP contribution in [0.25, 0.3) is 0 Å². The predicted molar refractivity (Wildman–Crippen MR) is 102 cm³/mol. The van der Waals surface area contributed by atoms with Crippen molar-refractivity contribution in [1.82, 2.24) is 20.4 Å². The zero-order chi connectivity index (χ0) is 17.2. The Morgan fingerprint density at radius 2 is 1.96 bits per heavy atom. The van der Waals surface area contributed by atoms with E-state index in [9.17, 15) is 0 Å². The molecular weight excluding hydrogens is 336 g/mol. The van der Waals surface area contributed by atoms with E-state index >= 15 is 0 Å². The van der Waals surface area contributed by atoms with E-state index in [1.165, 1.54) is 11.1 Å². The maximum absolute atomic E-state index is 5.44. The molecule has 1 aromatic carbocycles. The minimum Gasteiger partial charge on any atom is -0.339 e. The molecule has 1 N–H and O–H groups in total. The third-order valence-corrected chi connectivity index (χ3v) is 4.58. The van der Waals surface area contributed by atoms with Crippen molar-refractivity contribution in [2.75, 3.05) is 19.6 Å². The Hall–Kier alpha value is -1.43. The molecule has 2 heterocycles. The van der Waals surface area contributed by atoms with Crippen LogP contribution in [0.4, 0.5) is 0 Å². The van der Waals surface area contributed by atoms with Crippen molar-refractivity contribution in [3.63, 3.8) is 0 Å². The van der Waals surface area contributed by atoms with Gasteiger partial charge >= 0.3 is 0 Å². The summed E-state index contributed by atoms with van der Waals surface area (Å²) in [6, 6.07) is 9.31. The topological polar surface area (TPSA) is 54.2 Å². The highest BCUT2D eigenvalue weighted by Gasteiger charge is 2.27. The largest absolute Gasteiger partial charge is 0.339 e. The molecule has 0 radical (unpaired) electrons. The molecule has 0 spiro atoms. The van der Waals surface area contributed by atoms with Crippen molar-refractivity contribution >= 4 is 12.4 Å². The third-order valence-electron chi connectivity index (χ3n) is 4.58. The molecule has 1 aromatic heterocycles. The van der Waals surface area contributed by atoms with Crippen molar-refractivity contribution in [1.29, 1.82) is 0 Å². The number of hydrogen-bond donors (Lipinski definition) is 1. The first-order valence-corrected chi connectivity index (χ1v) is 8.84. The van der Waals surface area contributed by atoms with Gasteiger partial charge in [-0.05, 0) is 17.5 Å². The number of benzene rings is 1. The van der Waals surface area contributed by atoms with Gasteiger partial charge in [-0.25, -0.2) is 0 Å². The van der Waals surface area contributed by atoms with Crippen molar-refractivity contribution in [3.05, 3.63) is 47.1 Å². The van der Waals surface area contributed by atoms with Crippen molar-refractivity contribution < 1.29 is 4.52 Å². The van der Waals surface area contributed by atoms with E-state index < -0.39 is 0 Å². The third kappa shape index (κ3) is 4.81. The summed E-state index contributed by atoms with van der Waals surface area (Å²) < 4.78 is 5.44. The van der Waals surface area contributed by atoms with Crippen molar-refractivity contribution in [2.45, 2.75) is 52.1 Å². The van der Waals surface area contributed by atoms with Gasteiger partial charge in [0.15, 0.2) is 5.82 Å². The lowest BCUT2D eigenvalue weighted by atomic mass is 9.97. The number of nitrogens with zero attached hydrogens (tertiary/aromatic N) is 3. The highest BCUT2D eigenvalue weighted by atomic mass is 35.5. The van der Waals surface area contributed by atoms with E-state index in [4.69, 9.17) is 4.52 Å². The highest BCUT2D eigenvalue weighted by molar-refractivity contribution is 5.85. The van der Waals surface area contributed by atoms with Crippen LogP contribution in [-0.2, 0) is 18.4 Å².